The van der Waals surface area contributed by atoms with Gasteiger partial charge in [-0.3, -0.25) is 9.59 Å². The number of carbonyl (C=O) groups excluding carboxylic acids is 2. The monoisotopic (exact) mass is 616 g/mol. The Balaban J connectivity index is 1.33. The first kappa shape index (κ1) is 29.0. The van der Waals surface area contributed by atoms with Crippen molar-refractivity contribution in [2.45, 2.75) is 18.9 Å². The van der Waals surface area contributed by atoms with Crippen LogP contribution < -0.4 is 19.5 Å². The number of benzene rings is 4. The van der Waals surface area contributed by atoms with E-state index in [4.69, 9.17) is 14.2 Å². The number of fused-ring (bicyclic) bond motifs is 6. The molecule has 3 aliphatic heterocycles. The highest BCUT2D eigenvalue weighted by molar-refractivity contribution is 5.97. The van der Waals surface area contributed by atoms with Gasteiger partial charge in [-0.2, -0.15) is 5.10 Å². The maximum atomic E-state index is 14.3. The second-order valence-corrected chi connectivity index (χ2v) is 11.2. The predicted molar refractivity (Wildman–Crippen MR) is 170 cm³/mol. The average Bonchev–Trinajstić information content (AvgIpc) is 3.63. The maximum absolute atomic E-state index is 14.3. The van der Waals surface area contributed by atoms with Gasteiger partial charge in [-0.15, -0.1) is 0 Å². The molecule has 1 atom stereocenters. The van der Waals surface area contributed by atoms with E-state index in [2.05, 4.69) is 10.4 Å². The molecule has 3 aliphatic rings. The third kappa shape index (κ3) is 5.61. The summed E-state index contributed by atoms with van der Waals surface area (Å²) in [6.45, 7) is 1.17. The molecule has 8 bridgehead atoms. The predicted octanol–water partition coefficient (Wildman–Crippen LogP) is 5.68. The van der Waals surface area contributed by atoms with Gasteiger partial charge in [0.2, 0.25) is 0 Å². The van der Waals surface area contributed by atoms with Gasteiger partial charge in [-0.05, 0) is 96.3 Å². The molecule has 5 aromatic rings. The minimum Gasteiger partial charge on any atom is -0.507 e. The molecule has 1 aromatic heterocycles. The van der Waals surface area contributed by atoms with Gasteiger partial charge in [0.05, 0.1) is 31.0 Å². The number of rotatable bonds is 3. The van der Waals surface area contributed by atoms with Gasteiger partial charge < -0.3 is 29.5 Å². The molecule has 8 rings (SSSR count). The smallest absolute Gasteiger partial charge is 0.255 e. The van der Waals surface area contributed by atoms with Gasteiger partial charge in [0.15, 0.2) is 11.5 Å². The van der Waals surface area contributed by atoms with Crippen LogP contribution in [0.15, 0.2) is 97.3 Å². The van der Waals surface area contributed by atoms with Crippen molar-refractivity contribution in [3.8, 4) is 34.4 Å². The number of aromatic hydroxyl groups is 1. The van der Waals surface area contributed by atoms with Crippen molar-refractivity contribution in [1.29, 1.82) is 0 Å². The van der Waals surface area contributed by atoms with E-state index < -0.39 is 11.9 Å². The number of hydrogen-bond donors (Lipinski definition) is 2. The minimum atomic E-state index is -0.436. The van der Waals surface area contributed by atoms with E-state index in [1.54, 1.807) is 24.1 Å². The van der Waals surface area contributed by atoms with Crippen LogP contribution in [0.2, 0.25) is 0 Å². The lowest BCUT2D eigenvalue weighted by Crippen LogP contribution is -2.40. The van der Waals surface area contributed by atoms with E-state index in [0.717, 1.165) is 22.4 Å². The Morgan fingerprint density at radius 2 is 1.91 bits per heavy atom. The van der Waals surface area contributed by atoms with Crippen LogP contribution in [-0.4, -0.2) is 58.4 Å². The third-order valence-corrected chi connectivity index (χ3v) is 8.27. The summed E-state index contributed by atoms with van der Waals surface area (Å²) in [6.07, 6.45) is 4.68. The van der Waals surface area contributed by atoms with Gasteiger partial charge in [0.25, 0.3) is 11.8 Å². The number of ether oxygens (including phenoxy) is 3. The second-order valence-electron chi connectivity index (χ2n) is 11.2. The van der Waals surface area contributed by atoms with Crippen molar-refractivity contribution in [3.63, 3.8) is 0 Å². The summed E-state index contributed by atoms with van der Waals surface area (Å²) in [7, 11) is 1.56. The van der Waals surface area contributed by atoms with Crippen molar-refractivity contribution >= 4 is 11.8 Å². The number of carbonyl (C=O) groups is 2. The molecule has 0 saturated carbocycles. The Kier molecular flexibility index (Phi) is 7.76. The molecule has 0 saturated heterocycles. The summed E-state index contributed by atoms with van der Waals surface area (Å²) in [5.41, 5.74) is 4.26. The number of nitrogens with one attached hydrogen (secondary N) is 1. The van der Waals surface area contributed by atoms with Crippen LogP contribution in [0.5, 0.6) is 28.7 Å². The fourth-order valence-electron chi connectivity index (χ4n) is 6.03. The number of nitrogens with zero attached hydrogens (tertiary/aromatic N) is 3. The van der Waals surface area contributed by atoms with Crippen LogP contribution >= 0.6 is 0 Å². The van der Waals surface area contributed by atoms with Crippen molar-refractivity contribution in [3.05, 3.63) is 125 Å². The lowest BCUT2D eigenvalue weighted by atomic mass is 9.87. The lowest BCUT2D eigenvalue weighted by molar-refractivity contribution is 0.0693. The number of hydrogen-bond acceptors (Lipinski definition) is 7. The van der Waals surface area contributed by atoms with E-state index in [-0.39, 0.29) is 17.2 Å². The molecule has 0 radical (unpaired) electrons. The average molecular weight is 617 g/mol. The first-order valence-electron chi connectivity index (χ1n) is 15.1. The molecule has 4 heterocycles. The molecule has 0 fully saturated rings. The highest BCUT2D eigenvalue weighted by atomic mass is 16.5. The Morgan fingerprint density at radius 1 is 1.02 bits per heavy atom. The first-order valence-corrected chi connectivity index (χ1v) is 15.1. The van der Waals surface area contributed by atoms with Crippen molar-refractivity contribution in [1.82, 2.24) is 20.0 Å². The molecule has 0 spiro atoms. The van der Waals surface area contributed by atoms with Gasteiger partial charge >= 0.3 is 0 Å². The molecule has 0 aliphatic carbocycles. The molecule has 2 amide bonds. The zero-order valence-electron chi connectivity index (χ0n) is 25.2. The van der Waals surface area contributed by atoms with E-state index in [1.165, 1.54) is 12.1 Å². The molecule has 46 heavy (non-hydrogen) atoms. The SMILES string of the molecule is COc1cc2c3cc1Oc1ccc(O)c(c1)C(=O)NCCCOc1cccc(c1)C2N(C(=O)c1cccc(-n2cccn2)c1)CC3. The number of phenolic OH excluding ortho intramolecular Hbond substituents is 1. The number of methoxy groups -OCH3 is 1. The van der Waals surface area contributed by atoms with Crippen molar-refractivity contribution in [2.24, 2.45) is 0 Å². The largest absolute Gasteiger partial charge is 0.507 e. The molecular formula is C36H32N4O6. The molecular weight excluding hydrogens is 584 g/mol. The van der Waals surface area contributed by atoms with Crippen LogP contribution in [-0.2, 0) is 6.42 Å². The zero-order chi connectivity index (χ0) is 31.6. The van der Waals surface area contributed by atoms with Gasteiger partial charge in [-0.25, -0.2) is 4.68 Å². The summed E-state index contributed by atoms with van der Waals surface area (Å²) in [5, 5.41) is 17.6. The quantitative estimate of drug-likeness (QED) is 0.268. The Morgan fingerprint density at radius 3 is 2.76 bits per heavy atom. The van der Waals surface area contributed by atoms with Gasteiger partial charge in [0.1, 0.15) is 17.2 Å². The molecule has 232 valence electrons. The fourth-order valence-corrected chi connectivity index (χ4v) is 6.03. The van der Waals surface area contributed by atoms with E-state index in [1.807, 2.05) is 77.8 Å². The van der Waals surface area contributed by atoms with Crippen molar-refractivity contribution < 1.29 is 28.9 Å². The molecule has 4 aromatic carbocycles. The second kappa shape index (κ2) is 12.3. The summed E-state index contributed by atoms with van der Waals surface area (Å²) in [6, 6.07) is 25.0. The minimum absolute atomic E-state index is 0.106. The van der Waals surface area contributed by atoms with E-state index in [9.17, 15) is 14.7 Å². The highest BCUT2D eigenvalue weighted by Crippen LogP contribution is 2.43. The third-order valence-electron chi connectivity index (χ3n) is 8.27. The van der Waals surface area contributed by atoms with Crippen LogP contribution in [0.1, 0.15) is 49.9 Å². The molecule has 10 heteroatoms. The Hall–Kier alpha value is -5.77. The van der Waals surface area contributed by atoms with Crippen LogP contribution in [0.25, 0.3) is 5.69 Å². The molecule has 2 N–H and O–H groups in total. The normalized spacial score (nSPS) is 16.0. The first-order chi connectivity index (χ1) is 22.5. The maximum Gasteiger partial charge on any atom is 0.255 e. The zero-order valence-corrected chi connectivity index (χ0v) is 25.2. The van der Waals surface area contributed by atoms with Crippen molar-refractivity contribution in [2.75, 3.05) is 26.8 Å². The van der Waals surface area contributed by atoms with Crippen LogP contribution in [0, 0.1) is 0 Å². The molecule has 10 nitrogen and oxygen atoms in total. The van der Waals surface area contributed by atoms with Gasteiger partial charge in [-0.1, -0.05) is 18.2 Å². The summed E-state index contributed by atoms with van der Waals surface area (Å²) < 4.78 is 19.9. The number of amides is 2. The van der Waals surface area contributed by atoms with E-state index in [0.29, 0.717) is 61.1 Å². The van der Waals surface area contributed by atoms with E-state index >= 15 is 0 Å². The fraction of sp³-hybridized carbons (Fsp3) is 0.194. The van der Waals surface area contributed by atoms with Gasteiger partial charge in [0, 0.05) is 31.0 Å². The molecule has 1 unspecified atom stereocenters. The topological polar surface area (TPSA) is 115 Å². The summed E-state index contributed by atoms with van der Waals surface area (Å²) in [4.78, 5) is 29.1. The summed E-state index contributed by atoms with van der Waals surface area (Å²) in [5.74, 6) is 1.29. The highest BCUT2D eigenvalue weighted by Gasteiger charge is 2.34. The number of phenols is 1. The Bertz CT molecular complexity index is 1920. The summed E-state index contributed by atoms with van der Waals surface area (Å²) >= 11 is 0. The Labute approximate surface area is 265 Å². The standard InChI is InChI=1S/C36H32N4O6/c1-44-32-22-29-23-12-16-39(36(43)25-7-2-8-26(18-25)40-15-4-14-38-40)34(29)24-6-3-9-27(19-24)45-17-5-13-37-35(42)30-21-28(10-11-31(30)41)46-33(32)20-23/h2-4,6-11,14-15,18-22,34,41H,5,12-13,16-17H2,1H3,(H,37,42). The number of aromatic nitrogens is 2. The van der Waals surface area contributed by atoms with Crippen LogP contribution in [0.4, 0.5) is 0 Å². The van der Waals surface area contributed by atoms with Crippen LogP contribution in [0.3, 0.4) is 0 Å². The lowest BCUT2D eigenvalue weighted by Gasteiger charge is -2.38.